The first-order valence-electron chi connectivity index (χ1n) is 8.45. The topological polar surface area (TPSA) is 24.9 Å². The first-order chi connectivity index (χ1) is 10.4. The monoisotopic (exact) mass is 282 g/mol. The van der Waals surface area contributed by atoms with Crippen LogP contribution in [-0.2, 0) is 0 Å². The number of hydrogen-bond acceptors (Lipinski definition) is 2. The lowest BCUT2D eigenvalue weighted by Crippen LogP contribution is -2.24. The molecule has 0 bridgehead atoms. The molecule has 112 valence electrons. The Bertz CT molecular complexity index is 573. The Morgan fingerprint density at radius 1 is 1.24 bits per heavy atom. The van der Waals surface area contributed by atoms with Gasteiger partial charge in [0.15, 0.2) is 0 Å². The van der Waals surface area contributed by atoms with Crippen LogP contribution < -0.4 is 5.32 Å². The van der Waals surface area contributed by atoms with E-state index in [0.717, 1.165) is 18.0 Å². The summed E-state index contributed by atoms with van der Waals surface area (Å²) >= 11 is 0. The third kappa shape index (κ3) is 3.62. The summed E-state index contributed by atoms with van der Waals surface area (Å²) in [6.45, 7) is 3.34. The van der Waals surface area contributed by atoms with Gasteiger partial charge in [-0.15, -0.1) is 0 Å². The van der Waals surface area contributed by atoms with Crippen LogP contribution in [0.15, 0.2) is 36.5 Å². The second kappa shape index (κ2) is 7.04. The summed E-state index contributed by atoms with van der Waals surface area (Å²) in [5.41, 5.74) is 2.52. The molecule has 1 aromatic carbocycles. The molecule has 0 spiro atoms. The van der Waals surface area contributed by atoms with E-state index in [0.29, 0.717) is 6.04 Å². The zero-order valence-electron chi connectivity index (χ0n) is 13.0. The molecule has 1 aliphatic rings. The average molecular weight is 282 g/mol. The zero-order valence-corrected chi connectivity index (χ0v) is 13.0. The minimum Gasteiger partial charge on any atom is -0.310 e. The van der Waals surface area contributed by atoms with E-state index < -0.39 is 0 Å². The largest absolute Gasteiger partial charge is 0.310 e. The van der Waals surface area contributed by atoms with Crippen molar-refractivity contribution in [3.63, 3.8) is 0 Å². The van der Waals surface area contributed by atoms with Gasteiger partial charge in [0.25, 0.3) is 0 Å². The third-order valence-corrected chi connectivity index (χ3v) is 4.71. The van der Waals surface area contributed by atoms with Crippen LogP contribution in [0.1, 0.15) is 57.1 Å². The lowest BCUT2D eigenvalue weighted by molar-refractivity contribution is 0.395. The van der Waals surface area contributed by atoms with Crippen LogP contribution in [0.3, 0.4) is 0 Å². The van der Waals surface area contributed by atoms with Gasteiger partial charge in [0.05, 0.1) is 5.52 Å². The van der Waals surface area contributed by atoms with Gasteiger partial charge in [0.2, 0.25) is 0 Å². The molecule has 3 rings (SSSR count). The Morgan fingerprint density at radius 2 is 2.10 bits per heavy atom. The van der Waals surface area contributed by atoms with Crippen molar-refractivity contribution in [3.8, 4) is 0 Å². The third-order valence-electron chi connectivity index (χ3n) is 4.71. The number of nitrogens with zero attached hydrogens (tertiary/aromatic N) is 1. The highest BCUT2D eigenvalue weighted by atomic mass is 14.9. The van der Waals surface area contributed by atoms with Gasteiger partial charge < -0.3 is 5.32 Å². The lowest BCUT2D eigenvalue weighted by atomic mass is 9.92. The fourth-order valence-corrected chi connectivity index (χ4v) is 3.55. The normalized spacial score (nSPS) is 17.4. The maximum absolute atomic E-state index is 4.43. The molecule has 0 radical (unpaired) electrons. The summed E-state index contributed by atoms with van der Waals surface area (Å²) in [4.78, 5) is 4.43. The summed E-state index contributed by atoms with van der Waals surface area (Å²) < 4.78 is 0. The predicted octanol–water partition coefficient (Wildman–Crippen LogP) is 4.86. The SMILES string of the molecule is CCCNC(CC1CCCC1)c1ccc2ncccc2c1. The number of fused-ring (bicyclic) bond motifs is 1. The maximum Gasteiger partial charge on any atom is 0.0702 e. The highest BCUT2D eigenvalue weighted by Gasteiger charge is 2.21. The van der Waals surface area contributed by atoms with E-state index in [1.807, 2.05) is 12.3 Å². The van der Waals surface area contributed by atoms with Gasteiger partial charge in [-0.1, -0.05) is 44.7 Å². The number of benzene rings is 1. The minimum absolute atomic E-state index is 0.498. The molecule has 0 aliphatic heterocycles. The molecule has 2 nitrogen and oxygen atoms in total. The number of pyridine rings is 1. The molecule has 21 heavy (non-hydrogen) atoms. The molecule has 1 N–H and O–H groups in total. The Balaban J connectivity index is 1.81. The van der Waals surface area contributed by atoms with Crippen molar-refractivity contribution in [1.82, 2.24) is 10.3 Å². The van der Waals surface area contributed by atoms with Crippen LogP contribution in [0.25, 0.3) is 10.9 Å². The number of rotatable bonds is 6. The van der Waals surface area contributed by atoms with Gasteiger partial charge in [0.1, 0.15) is 0 Å². The van der Waals surface area contributed by atoms with Crippen molar-refractivity contribution in [3.05, 3.63) is 42.1 Å². The van der Waals surface area contributed by atoms with E-state index >= 15 is 0 Å². The van der Waals surface area contributed by atoms with E-state index in [1.54, 1.807) is 0 Å². The van der Waals surface area contributed by atoms with Gasteiger partial charge >= 0.3 is 0 Å². The predicted molar refractivity (Wildman–Crippen MR) is 89.4 cm³/mol. The number of hydrogen-bond donors (Lipinski definition) is 1. The van der Waals surface area contributed by atoms with Gasteiger partial charge in [-0.25, -0.2) is 0 Å². The van der Waals surface area contributed by atoms with Crippen molar-refractivity contribution in [2.75, 3.05) is 6.54 Å². The van der Waals surface area contributed by atoms with Crippen molar-refractivity contribution in [1.29, 1.82) is 0 Å². The molecule has 2 aromatic rings. The molecule has 1 aliphatic carbocycles. The summed E-state index contributed by atoms with van der Waals surface area (Å²) in [6, 6.07) is 11.4. The Kier molecular flexibility index (Phi) is 4.87. The van der Waals surface area contributed by atoms with E-state index in [4.69, 9.17) is 0 Å². The molecule has 1 fully saturated rings. The van der Waals surface area contributed by atoms with Crippen molar-refractivity contribution in [2.24, 2.45) is 5.92 Å². The van der Waals surface area contributed by atoms with Crippen LogP contribution in [-0.4, -0.2) is 11.5 Å². The van der Waals surface area contributed by atoms with Crippen LogP contribution in [0, 0.1) is 5.92 Å². The van der Waals surface area contributed by atoms with Crippen LogP contribution in [0.5, 0.6) is 0 Å². The van der Waals surface area contributed by atoms with Gasteiger partial charge in [-0.2, -0.15) is 0 Å². The summed E-state index contributed by atoms with van der Waals surface area (Å²) in [6.07, 6.45) is 10.0. The molecule has 0 saturated heterocycles. The minimum atomic E-state index is 0.498. The second-order valence-corrected chi connectivity index (χ2v) is 6.35. The smallest absolute Gasteiger partial charge is 0.0702 e. The molecule has 1 saturated carbocycles. The van der Waals surface area contributed by atoms with Crippen molar-refractivity contribution in [2.45, 2.75) is 51.5 Å². The van der Waals surface area contributed by atoms with Crippen LogP contribution >= 0.6 is 0 Å². The molecular formula is C19H26N2. The second-order valence-electron chi connectivity index (χ2n) is 6.35. The van der Waals surface area contributed by atoms with E-state index in [1.165, 1.54) is 49.5 Å². The fraction of sp³-hybridized carbons (Fsp3) is 0.526. The molecule has 1 heterocycles. The van der Waals surface area contributed by atoms with Gasteiger partial charge in [0, 0.05) is 17.6 Å². The average Bonchev–Trinajstić information content (AvgIpc) is 3.04. The van der Waals surface area contributed by atoms with Crippen LogP contribution in [0.4, 0.5) is 0 Å². The molecular weight excluding hydrogens is 256 g/mol. The maximum atomic E-state index is 4.43. The van der Waals surface area contributed by atoms with Crippen molar-refractivity contribution >= 4 is 10.9 Å². The van der Waals surface area contributed by atoms with E-state index in [-0.39, 0.29) is 0 Å². The van der Waals surface area contributed by atoms with E-state index in [2.05, 4.69) is 41.5 Å². The molecule has 0 amide bonds. The summed E-state index contributed by atoms with van der Waals surface area (Å²) in [5.74, 6) is 0.906. The quantitative estimate of drug-likeness (QED) is 0.818. The fourth-order valence-electron chi connectivity index (χ4n) is 3.55. The van der Waals surface area contributed by atoms with Crippen molar-refractivity contribution < 1.29 is 0 Å². The highest BCUT2D eigenvalue weighted by Crippen LogP contribution is 2.33. The Hall–Kier alpha value is -1.41. The molecule has 2 heteroatoms. The first-order valence-corrected chi connectivity index (χ1v) is 8.45. The summed E-state index contributed by atoms with van der Waals surface area (Å²) in [7, 11) is 0. The number of aromatic nitrogens is 1. The first kappa shape index (κ1) is 14.5. The lowest BCUT2D eigenvalue weighted by Gasteiger charge is -2.22. The standard InChI is InChI=1S/C19H26N2/c1-2-11-20-19(13-15-6-3-4-7-15)17-9-10-18-16(14-17)8-5-12-21-18/h5,8-10,12,14-15,19-20H,2-4,6-7,11,13H2,1H3. The van der Waals surface area contributed by atoms with Gasteiger partial charge in [-0.05, 0) is 49.1 Å². The molecule has 1 aromatic heterocycles. The van der Waals surface area contributed by atoms with Crippen LogP contribution in [0.2, 0.25) is 0 Å². The Morgan fingerprint density at radius 3 is 2.90 bits per heavy atom. The van der Waals surface area contributed by atoms with E-state index in [9.17, 15) is 0 Å². The zero-order chi connectivity index (χ0) is 14.5. The summed E-state index contributed by atoms with van der Waals surface area (Å²) in [5, 5.41) is 5.01. The number of nitrogens with one attached hydrogen (secondary N) is 1. The molecule has 1 unspecified atom stereocenters. The highest BCUT2D eigenvalue weighted by molar-refractivity contribution is 5.79. The Labute approximate surface area is 128 Å². The molecule has 1 atom stereocenters. The van der Waals surface area contributed by atoms with Gasteiger partial charge in [-0.3, -0.25) is 4.98 Å².